The number of hydrazine groups is 1. The number of fused-ring (bicyclic) bond motifs is 5. The lowest BCUT2D eigenvalue weighted by Crippen LogP contribution is -2.43. The molecule has 0 spiro atoms. The number of amides is 4. The average molecular weight is 572 g/mol. The Morgan fingerprint density at radius 2 is 1.51 bits per heavy atom. The van der Waals surface area contributed by atoms with E-state index in [0.717, 1.165) is 12.8 Å². The molecule has 3 fully saturated rings. The number of esters is 1. The average Bonchev–Trinajstić information content (AvgIpc) is 3.66. The first kappa shape index (κ1) is 26.7. The summed E-state index contributed by atoms with van der Waals surface area (Å²) < 4.78 is 5.03. The molecule has 1 heterocycles. The molecule has 5 atom stereocenters. The van der Waals surface area contributed by atoms with Gasteiger partial charge in [-0.1, -0.05) is 54.1 Å². The SMILES string of the molecule is O=C(COC(=O)c1ccc(N2C(=O)[C@@H]3[C@@H]4C[C@@H]([C@@H]3C2=O)[C@H](c2ccccc2)C4)cc1)NNC(=O)c1ccccc1Cl. The predicted octanol–water partition coefficient (Wildman–Crippen LogP) is 3.89. The third kappa shape index (κ3) is 4.86. The normalized spacial score (nSPS) is 24.2. The second-order valence-electron chi connectivity index (χ2n) is 10.6. The van der Waals surface area contributed by atoms with Crippen LogP contribution in [0.3, 0.4) is 0 Å². The molecule has 208 valence electrons. The smallest absolute Gasteiger partial charge is 0.338 e. The van der Waals surface area contributed by atoms with E-state index in [2.05, 4.69) is 23.0 Å². The van der Waals surface area contributed by atoms with Crippen molar-refractivity contribution < 1.29 is 28.7 Å². The molecule has 3 aliphatic rings. The number of rotatable bonds is 6. The molecule has 9 nitrogen and oxygen atoms in total. The van der Waals surface area contributed by atoms with Crippen LogP contribution in [0.1, 0.15) is 45.0 Å². The highest BCUT2D eigenvalue weighted by Gasteiger charge is 2.64. The number of imide groups is 1. The van der Waals surface area contributed by atoms with Gasteiger partial charge in [0, 0.05) is 0 Å². The Morgan fingerprint density at radius 1 is 0.829 bits per heavy atom. The first-order valence-corrected chi connectivity index (χ1v) is 13.7. The van der Waals surface area contributed by atoms with E-state index in [4.69, 9.17) is 16.3 Å². The summed E-state index contributed by atoms with van der Waals surface area (Å²) in [6, 6.07) is 22.5. The second kappa shape index (κ2) is 10.8. The Bertz CT molecular complexity index is 1540. The van der Waals surface area contributed by atoms with Gasteiger partial charge in [0.1, 0.15) is 0 Å². The first-order valence-electron chi connectivity index (χ1n) is 13.4. The second-order valence-corrected chi connectivity index (χ2v) is 11.0. The summed E-state index contributed by atoms with van der Waals surface area (Å²) in [5, 5.41) is 0.221. The maximum absolute atomic E-state index is 13.5. The maximum Gasteiger partial charge on any atom is 0.338 e. The number of nitrogens with one attached hydrogen (secondary N) is 2. The molecule has 6 rings (SSSR count). The Morgan fingerprint density at radius 3 is 2.24 bits per heavy atom. The molecule has 2 N–H and O–H groups in total. The number of anilines is 1. The maximum atomic E-state index is 13.5. The minimum Gasteiger partial charge on any atom is -0.452 e. The van der Waals surface area contributed by atoms with Crippen molar-refractivity contribution in [1.82, 2.24) is 10.9 Å². The van der Waals surface area contributed by atoms with Crippen LogP contribution in [-0.4, -0.2) is 36.2 Å². The quantitative estimate of drug-likeness (QED) is 0.263. The van der Waals surface area contributed by atoms with Gasteiger partial charge in [0.05, 0.1) is 33.7 Å². The zero-order valence-corrected chi connectivity index (χ0v) is 22.5. The highest BCUT2D eigenvalue weighted by Crippen LogP contribution is 2.61. The van der Waals surface area contributed by atoms with E-state index in [-0.39, 0.29) is 57.6 Å². The molecule has 3 aromatic carbocycles. The number of nitrogens with zero attached hydrogens (tertiary/aromatic N) is 1. The van der Waals surface area contributed by atoms with Crippen molar-refractivity contribution in [2.45, 2.75) is 18.8 Å². The van der Waals surface area contributed by atoms with Gasteiger partial charge < -0.3 is 4.74 Å². The van der Waals surface area contributed by atoms with Crippen molar-refractivity contribution in [2.75, 3.05) is 11.5 Å². The number of carbonyl (C=O) groups excluding carboxylic acids is 5. The van der Waals surface area contributed by atoms with E-state index in [0.29, 0.717) is 5.69 Å². The molecule has 4 amide bonds. The van der Waals surface area contributed by atoms with Crippen LogP contribution in [-0.2, 0) is 19.1 Å². The van der Waals surface area contributed by atoms with E-state index >= 15 is 0 Å². The minimum atomic E-state index is -0.774. The number of ether oxygens (including phenoxy) is 1. The molecule has 0 unspecified atom stereocenters. The van der Waals surface area contributed by atoms with Crippen molar-refractivity contribution in [3.8, 4) is 0 Å². The van der Waals surface area contributed by atoms with Crippen molar-refractivity contribution >= 4 is 46.9 Å². The van der Waals surface area contributed by atoms with Gasteiger partial charge in [0.15, 0.2) is 6.61 Å². The molecular weight excluding hydrogens is 546 g/mol. The topological polar surface area (TPSA) is 122 Å². The van der Waals surface area contributed by atoms with E-state index in [9.17, 15) is 24.0 Å². The Hall–Kier alpha value is -4.50. The molecule has 1 saturated heterocycles. The van der Waals surface area contributed by atoms with Crippen LogP contribution in [0.5, 0.6) is 0 Å². The van der Waals surface area contributed by atoms with Gasteiger partial charge in [0.2, 0.25) is 11.8 Å². The molecule has 10 heteroatoms. The van der Waals surface area contributed by atoms with E-state index in [1.54, 1.807) is 12.1 Å². The Labute approximate surface area is 240 Å². The van der Waals surface area contributed by atoms with Crippen molar-refractivity contribution in [3.05, 3.63) is 101 Å². The van der Waals surface area contributed by atoms with Gasteiger partial charge in [0.25, 0.3) is 11.8 Å². The molecule has 41 heavy (non-hydrogen) atoms. The van der Waals surface area contributed by atoms with Crippen LogP contribution < -0.4 is 15.8 Å². The zero-order valence-electron chi connectivity index (χ0n) is 21.8. The molecular formula is C31H26ClN3O6. The van der Waals surface area contributed by atoms with Gasteiger partial charge in [-0.2, -0.15) is 0 Å². The highest BCUT2D eigenvalue weighted by atomic mass is 35.5. The summed E-state index contributed by atoms with van der Waals surface area (Å²) >= 11 is 5.96. The minimum absolute atomic E-state index is 0.142. The van der Waals surface area contributed by atoms with Crippen molar-refractivity contribution in [3.63, 3.8) is 0 Å². The van der Waals surface area contributed by atoms with E-state index in [1.807, 2.05) is 18.2 Å². The van der Waals surface area contributed by atoms with Gasteiger partial charge in [-0.05, 0) is 72.6 Å². The number of halogens is 1. The van der Waals surface area contributed by atoms with Crippen molar-refractivity contribution in [2.24, 2.45) is 23.7 Å². The zero-order chi connectivity index (χ0) is 28.7. The van der Waals surface area contributed by atoms with E-state index < -0.39 is 24.4 Å². The molecule has 3 aromatic rings. The molecule has 2 bridgehead atoms. The van der Waals surface area contributed by atoms with E-state index in [1.165, 1.54) is 46.9 Å². The third-order valence-corrected chi connectivity index (χ3v) is 8.70. The van der Waals surface area contributed by atoms with Crippen LogP contribution in [0.25, 0.3) is 0 Å². The number of benzene rings is 3. The molecule has 0 aromatic heterocycles. The van der Waals surface area contributed by atoms with Crippen LogP contribution in [0.15, 0.2) is 78.9 Å². The van der Waals surface area contributed by atoms with Crippen LogP contribution in [0, 0.1) is 23.7 Å². The largest absolute Gasteiger partial charge is 0.452 e. The number of carbonyl (C=O) groups is 5. The van der Waals surface area contributed by atoms with Crippen LogP contribution >= 0.6 is 11.6 Å². The van der Waals surface area contributed by atoms with Gasteiger partial charge in [-0.15, -0.1) is 0 Å². The molecule has 1 aliphatic heterocycles. The van der Waals surface area contributed by atoms with Crippen molar-refractivity contribution in [1.29, 1.82) is 0 Å². The molecule has 2 saturated carbocycles. The fourth-order valence-corrected chi connectivity index (χ4v) is 6.86. The Balaban J connectivity index is 1.05. The van der Waals surface area contributed by atoms with Gasteiger partial charge in [-0.3, -0.25) is 34.9 Å². The van der Waals surface area contributed by atoms with Gasteiger partial charge in [-0.25, -0.2) is 4.79 Å². The summed E-state index contributed by atoms with van der Waals surface area (Å²) in [5.41, 5.74) is 6.31. The summed E-state index contributed by atoms with van der Waals surface area (Å²) in [6.07, 6.45) is 1.80. The summed E-state index contributed by atoms with van der Waals surface area (Å²) in [6.45, 7) is -0.638. The summed E-state index contributed by atoms with van der Waals surface area (Å²) in [7, 11) is 0. The van der Waals surface area contributed by atoms with Crippen LogP contribution in [0.4, 0.5) is 5.69 Å². The lowest BCUT2D eigenvalue weighted by atomic mass is 9.73. The predicted molar refractivity (Wildman–Crippen MR) is 149 cm³/mol. The van der Waals surface area contributed by atoms with Gasteiger partial charge >= 0.3 is 5.97 Å². The lowest BCUT2D eigenvalue weighted by Gasteiger charge is -2.28. The number of hydrogen-bond acceptors (Lipinski definition) is 6. The lowest BCUT2D eigenvalue weighted by molar-refractivity contribution is -0.125. The Kier molecular flexibility index (Phi) is 7.05. The summed E-state index contributed by atoms with van der Waals surface area (Å²) in [4.78, 5) is 64.8. The fourth-order valence-electron chi connectivity index (χ4n) is 6.63. The number of hydrogen-bond donors (Lipinski definition) is 2. The fraction of sp³-hybridized carbons (Fsp3) is 0.258. The van der Waals surface area contributed by atoms with Crippen LogP contribution in [0.2, 0.25) is 5.02 Å². The monoisotopic (exact) mass is 571 g/mol. The highest BCUT2D eigenvalue weighted by molar-refractivity contribution is 6.33. The summed E-state index contributed by atoms with van der Waals surface area (Å²) in [5.74, 6) is -2.52. The standard InChI is InChI=1S/C31H26ClN3O6/c32-24-9-5-4-8-21(24)28(37)34-33-25(36)16-41-31(40)18-10-12-20(13-11-18)35-29(38)26-19-14-22(17-6-2-1-3-7-17)23(15-19)27(26)30(35)39/h1-13,19,22-23,26-27H,14-16H2,(H,33,36)(H,34,37)/t19-,22-,23+,26+,27-/m0/s1. The molecule has 0 radical (unpaired) electrons. The molecule has 2 aliphatic carbocycles. The third-order valence-electron chi connectivity index (χ3n) is 8.37. The first-order chi connectivity index (χ1) is 19.8.